The molecule has 0 bridgehead atoms. The minimum atomic E-state index is 0.911. The van der Waals surface area contributed by atoms with Crippen molar-refractivity contribution in [2.75, 3.05) is 0 Å². The third kappa shape index (κ3) is 1.03. The minimum Gasteiger partial charge on any atom is -0.464 e. The van der Waals surface area contributed by atoms with E-state index in [2.05, 4.69) is 11.1 Å². The third-order valence-electron chi connectivity index (χ3n) is 2.24. The molecule has 0 aliphatic rings. The molecule has 0 radical (unpaired) electrons. The standard InChI is InChI=1S/C11H8N2O/c1-2-11-9(3-6-14-11)7-10(1)13-5-4-12-8-13/h1-8H. The summed E-state index contributed by atoms with van der Waals surface area (Å²) >= 11 is 0. The molecule has 0 saturated heterocycles. The van der Waals surface area contributed by atoms with E-state index in [0.29, 0.717) is 0 Å². The van der Waals surface area contributed by atoms with Crippen molar-refractivity contribution in [3.8, 4) is 5.69 Å². The highest BCUT2D eigenvalue weighted by atomic mass is 16.3. The van der Waals surface area contributed by atoms with Crippen LogP contribution in [0.25, 0.3) is 16.7 Å². The molecule has 3 nitrogen and oxygen atoms in total. The topological polar surface area (TPSA) is 31.0 Å². The van der Waals surface area contributed by atoms with Gasteiger partial charge >= 0.3 is 0 Å². The van der Waals surface area contributed by atoms with Crippen LogP contribution in [-0.4, -0.2) is 9.55 Å². The maximum atomic E-state index is 5.27. The number of nitrogens with zero attached hydrogens (tertiary/aromatic N) is 2. The van der Waals surface area contributed by atoms with E-state index >= 15 is 0 Å². The molecule has 68 valence electrons. The van der Waals surface area contributed by atoms with E-state index in [4.69, 9.17) is 4.42 Å². The smallest absolute Gasteiger partial charge is 0.133 e. The van der Waals surface area contributed by atoms with Crippen LogP contribution in [0.2, 0.25) is 0 Å². The fourth-order valence-electron chi connectivity index (χ4n) is 1.53. The second-order valence-corrected chi connectivity index (χ2v) is 3.11. The lowest BCUT2D eigenvalue weighted by Gasteiger charge is -2.00. The van der Waals surface area contributed by atoms with Gasteiger partial charge in [0.1, 0.15) is 5.58 Å². The summed E-state index contributed by atoms with van der Waals surface area (Å²) in [4.78, 5) is 4.01. The van der Waals surface area contributed by atoms with Gasteiger partial charge in [-0.1, -0.05) is 0 Å². The number of rotatable bonds is 1. The van der Waals surface area contributed by atoms with Crippen LogP contribution >= 0.6 is 0 Å². The van der Waals surface area contributed by atoms with Gasteiger partial charge in [-0.2, -0.15) is 0 Å². The van der Waals surface area contributed by atoms with Crippen molar-refractivity contribution in [1.82, 2.24) is 9.55 Å². The van der Waals surface area contributed by atoms with Crippen LogP contribution in [-0.2, 0) is 0 Å². The quantitative estimate of drug-likeness (QED) is 0.582. The molecule has 0 atom stereocenters. The molecular weight excluding hydrogens is 176 g/mol. The largest absolute Gasteiger partial charge is 0.464 e. The Labute approximate surface area is 80.6 Å². The predicted molar refractivity (Wildman–Crippen MR) is 53.3 cm³/mol. The monoisotopic (exact) mass is 184 g/mol. The molecule has 3 heteroatoms. The van der Waals surface area contributed by atoms with Crippen LogP contribution in [0.1, 0.15) is 0 Å². The zero-order valence-corrected chi connectivity index (χ0v) is 7.42. The van der Waals surface area contributed by atoms with Gasteiger partial charge in [-0.05, 0) is 24.3 Å². The number of furan rings is 1. The highest BCUT2D eigenvalue weighted by Crippen LogP contribution is 2.18. The summed E-state index contributed by atoms with van der Waals surface area (Å²) in [5.41, 5.74) is 2.00. The fraction of sp³-hybridized carbons (Fsp3) is 0. The summed E-state index contributed by atoms with van der Waals surface area (Å²) in [5, 5.41) is 1.11. The third-order valence-corrected chi connectivity index (χ3v) is 2.24. The van der Waals surface area contributed by atoms with Crippen LogP contribution in [0, 0.1) is 0 Å². The minimum absolute atomic E-state index is 0.911. The molecular formula is C11H8N2O. The molecule has 0 unspecified atom stereocenters. The molecule has 0 aliphatic heterocycles. The van der Waals surface area contributed by atoms with E-state index < -0.39 is 0 Å². The van der Waals surface area contributed by atoms with Crippen molar-refractivity contribution >= 4 is 11.0 Å². The van der Waals surface area contributed by atoms with E-state index in [1.165, 1.54) is 0 Å². The van der Waals surface area contributed by atoms with E-state index in [1.807, 2.05) is 29.0 Å². The first kappa shape index (κ1) is 7.38. The van der Waals surface area contributed by atoms with Crippen molar-refractivity contribution in [2.24, 2.45) is 0 Å². The molecule has 0 N–H and O–H groups in total. The van der Waals surface area contributed by atoms with Crippen molar-refractivity contribution in [3.63, 3.8) is 0 Å². The lowest BCUT2D eigenvalue weighted by atomic mass is 10.2. The SMILES string of the molecule is c1cn(-c2ccc3occc3c2)cn1. The van der Waals surface area contributed by atoms with E-state index in [1.54, 1.807) is 18.8 Å². The zero-order valence-electron chi connectivity index (χ0n) is 7.42. The number of hydrogen-bond acceptors (Lipinski definition) is 2. The van der Waals surface area contributed by atoms with Crippen LogP contribution in [0.5, 0.6) is 0 Å². The zero-order chi connectivity index (χ0) is 9.38. The summed E-state index contributed by atoms with van der Waals surface area (Å²) in [6, 6.07) is 7.99. The summed E-state index contributed by atoms with van der Waals surface area (Å²) < 4.78 is 7.23. The van der Waals surface area contributed by atoms with Crippen LogP contribution in [0.3, 0.4) is 0 Å². The van der Waals surface area contributed by atoms with Crippen LogP contribution < -0.4 is 0 Å². The Balaban J connectivity index is 2.23. The molecule has 0 fully saturated rings. The van der Waals surface area contributed by atoms with Crippen molar-refractivity contribution in [1.29, 1.82) is 0 Å². The molecule has 14 heavy (non-hydrogen) atoms. The van der Waals surface area contributed by atoms with Gasteiger partial charge in [0.2, 0.25) is 0 Å². The van der Waals surface area contributed by atoms with Gasteiger partial charge in [-0.3, -0.25) is 0 Å². The van der Waals surface area contributed by atoms with Crippen molar-refractivity contribution in [3.05, 3.63) is 49.2 Å². The second kappa shape index (κ2) is 2.73. The summed E-state index contributed by atoms with van der Waals surface area (Å²) in [6.45, 7) is 0. The molecule has 0 spiro atoms. The molecule has 3 aromatic rings. The molecule has 1 aromatic carbocycles. The number of imidazole rings is 1. The van der Waals surface area contributed by atoms with Gasteiger partial charge in [0.25, 0.3) is 0 Å². The molecule has 3 rings (SSSR count). The first-order valence-corrected chi connectivity index (χ1v) is 4.39. The molecule has 2 aromatic heterocycles. The number of fused-ring (bicyclic) bond motifs is 1. The predicted octanol–water partition coefficient (Wildman–Crippen LogP) is 2.62. The first-order valence-electron chi connectivity index (χ1n) is 4.39. The van der Waals surface area contributed by atoms with Crippen molar-refractivity contribution < 1.29 is 4.42 Å². The van der Waals surface area contributed by atoms with Gasteiger partial charge < -0.3 is 8.98 Å². The lowest BCUT2D eigenvalue weighted by Crippen LogP contribution is -1.88. The average Bonchev–Trinajstić information content (AvgIpc) is 2.88. The normalized spacial score (nSPS) is 10.9. The Morgan fingerprint density at radius 3 is 3.07 bits per heavy atom. The van der Waals surface area contributed by atoms with E-state index in [0.717, 1.165) is 16.7 Å². The van der Waals surface area contributed by atoms with Gasteiger partial charge in [0, 0.05) is 23.5 Å². The van der Waals surface area contributed by atoms with Gasteiger partial charge in [0.05, 0.1) is 12.6 Å². The highest BCUT2D eigenvalue weighted by Gasteiger charge is 1.99. The summed E-state index contributed by atoms with van der Waals surface area (Å²) in [7, 11) is 0. The van der Waals surface area contributed by atoms with Gasteiger partial charge in [-0.15, -0.1) is 0 Å². The Kier molecular flexibility index (Phi) is 1.44. The van der Waals surface area contributed by atoms with E-state index in [-0.39, 0.29) is 0 Å². The maximum Gasteiger partial charge on any atom is 0.133 e. The summed E-state index contributed by atoms with van der Waals surface area (Å²) in [5.74, 6) is 0. The molecule has 0 saturated carbocycles. The Hall–Kier alpha value is -2.03. The van der Waals surface area contributed by atoms with E-state index in [9.17, 15) is 0 Å². The van der Waals surface area contributed by atoms with Crippen LogP contribution in [0.4, 0.5) is 0 Å². The Morgan fingerprint density at radius 1 is 1.21 bits per heavy atom. The second-order valence-electron chi connectivity index (χ2n) is 3.11. The summed E-state index contributed by atoms with van der Waals surface area (Å²) in [6.07, 6.45) is 7.16. The average molecular weight is 184 g/mol. The van der Waals surface area contributed by atoms with Crippen LogP contribution in [0.15, 0.2) is 53.7 Å². The highest BCUT2D eigenvalue weighted by molar-refractivity contribution is 5.79. The first-order chi connectivity index (χ1) is 6.93. The fourth-order valence-corrected chi connectivity index (χ4v) is 1.53. The lowest BCUT2D eigenvalue weighted by molar-refractivity contribution is 0.616. The molecule has 0 aliphatic carbocycles. The van der Waals surface area contributed by atoms with Gasteiger partial charge in [-0.25, -0.2) is 4.98 Å². The number of benzene rings is 1. The van der Waals surface area contributed by atoms with Crippen molar-refractivity contribution in [2.45, 2.75) is 0 Å². The molecule has 2 heterocycles. The van der Waals surface area contributed by atoms with Gasteiger partial charge in [0.15, 0.2) is 0 Å². The number of hydrogen-bond donors (Lipinski definition) is 0. The Morgan fingerprint density at radius 2 is 2.21 bits per heavy atom. The number of aromatic nitrogens is 2. The Bertz CT molecular complexity index is 551. The molecule has 0 amide bonds. The maximum absolute atomic E-state index is 5.27.